The molecule has 1 rings (SSSR count). The molecule has 0 spiro atoms. The number of hydrogen-bond donors (Lipinski definition) is 1. The lowest BCUT2D eigenvalue weighted by atomic mass is 10.3. The van der Waals surface area contributed by atoms with Crippen molar-refractivity contribution < 1.29 is 0 Å². The molecule has 1 aromatic heterocycles. The fourth-order valence-electron chi connectivity index (χ4n) is 0.601. The summed E-state index contributed by atoms with van der Waals surface area (Å²) in [7, 11) is 0. The SMILES string of the molecule is SCC#Cc1ncccc1Cl. The van der Waals surface area contributed by atoms with Crippen molar-refractivity contribution in [2.24, 2.45) is 0 Å². The summed E-state index contributed by atoms with van der Waals surface area (Å²) in [4.78, 5) is 3.98. The van der Waals surface area contributed by atoms with Gasteiger partial charge in [0.25, 0.3) is 0 Å². The minimum absolute atomic E-state index is 0.521. The molecule has 0 aliphatic heterocycles. The van der Waals surface area contributed by atoms with E-state index < -0.39 is 0 Å². The van der Waals surface area contributed by atoms with Crippen molar-refractivity contribution in [2.45, 2.75) is 0 Å². The van der Waals surface area contributed by atoms with Crippen molar-refractivity contribution in [3.8, 4) is 11.8 Å². The molecule has 0 unspecified atom stereocenters. The summed E-state index contributed by atoms with van der Waals surface area (Å²) >= 11 is 9.71. The van der Waals surface area contributed by atoms with E-state index in [0.29, 0.717) is 16.5 Å². The molecular weight excluding hydrogens is 178 g/mol. The number of thiol groups is 1. The molecule has 0 fully saturated rings. The van der Waals surface area contributed by atoms with Crippen LogP contribution in [0.2, 0.25) is 5.02 Å². The van der Waals surface area contributed by atoms with Gasteiger partial charge in [0.05, 0.1) is 10.8 Å². The first-order chi connectivity index (χ1) is 5.34. The fourth-order valence-corrected chi connectivity index (χ4v) is 0.849. The van der Waals surface area contributed by atoms with Crippen LogP contribution in [-0.2, 0) is 0 Å². The van der Waals surface area contributed by atoms with Crippen LogP contribution in [0.4, 0.5) is 0 Å². The Morgan fingerprint density at radius 3 is 3.09 bits per heavy atom. The Balaban J connectivity index is 2.95. The fraction of sp³-hybridized carbons (Fsp3) is 0.125. The highest BCUT2D eigenvalue weighted by Gasteiger charge is 1.93. The molecular formula is C8H6ClNS. The first kappa shape index (κ1) is 8.45. The van der Waals surface area contributed by atoms with Crippen LogP contribution in [-0.4, -0.2) is 10.7 Å². The lowest BCUT2D eigenvalue weighted by Crippen LogP contribution is -1.81. The van der Waals surface area contributed by atoms with Crippen LogP contribution in [0.15, 0.2) is 18.3 Å². The normalized spacial score (nSPS) is 8.55. The summed E-state index contributed by atoms with van der Waals surface area (Å²) in [5.74, 6) is 6.09. The van der Waals surface area contributed by atoms with Gasteiger partial charge in [-0.3, -0.25) is 0 Å². The quantitative estimate of drug-likeness (QED) is 0.480. The minimum atomic E-state index is 0.521. The molecule has 1 heterocycles. The van der Waals surface area contributed by atoms with Crippen LogP contribution in [0.5, 0.6) is 0 Å². The molecule has 56 valence electrons. The molecule has 0 saturated heterocycles. The van der Waals surface area contributed by atoms with E-state index in [-0.39, 0.29) is 0 Å². The average molecular weight is 184 g/mol. The van der Waals surface area contributed by atoms with Gasteiger partial charge in [-0.05, 0) is 18.1 Å². The Bertz CT molecular complexity index is 300. The van der Waals surface area contributed by atoms with Crippen LogP contribution in [0, 0.1) is 11.8 Å². The standard InChI is InChI=1S/C8H6ClNS/c9-7-3-1-5-10-8(7)4-2-6-11/h1,3,5,11H,6H2. The number of pyridine rings is 1. The summed E-state index contributed by atoms with van der Waals surface area (Å²) in [6.45, 7) is 0. The third-order valence-electron chi connectivity index (χ3n) is 1.04. The van der Waals surface area contributed by atoms with Gasteiger partial charge in [0.15, 0.2) is 0 Å². The summed E-state index contributed by atoms with van der Waals surface area (Å²) < 4.78 is 0. The summed E-state index contributed by atoms with van der Waals surface area (Å²) in [5.41, 5.74) is 0.614. The number of nitrogens with zero attached hydrogens (tertiary/aromatic N) is 1. The molecule has 1 aromatic rings. The molecule has 0 aliphatic rings. The van der Waals surface area contributed by atoms with Gasteiger partial charge in [0, 0.05) is 6.20 Å². The zero-order valence-electron chi connectivity index (χ0n) is 5.71. The van der Waals surface area contributed by atoms with Crippen LogP contribution in [0.3, 0.4) is 0 Å². The summed E-state index contributed by atoms with van der Waals surface area (Å²) in [5, 5.41) is 0.585. The van der Waals surface area contributed by atoms with Crippen LogP contribution in [0.1, 0.15) is 5.69 Å². The van der Waals surface area contributed by atoms with E-state index >= 15 is 0 Å². The smallest absolute Gasteiger partial charge is 0.131 e. The molecule has 0 aliphatic carbocycles. The second kappa shape index (κ2) is 4.27. The first-order valence-electron chi connectivity index (χ1n) is 3.05. The van der Waals surface area contributed by atoms with Crippen LogP contribution in [0.25, 0.3) is 0 Å². The topological polar surface area (TPSA) is 12.9 Å². The van der Waals surface area contributed by atoms with E-state index in [2.05, 4.69) is 29.5 Å². The van der Waals surface area contributed by atoms with Gasteiger partial charge < -0.3 is 0 Å². The Morgan fingerprint density at radius 2 is 2.45 bits per heavy atom. The predicted octanol–water partition coefficient (Wildman–Crippen LogP) is 2.02. The molecule has 0 aromatic carbocycles. The van der Waals surface area contributed by atoms with Gasteiger partial charge in [-0.2, -0.15) is 12.6 Å². The third kappa shape index (κ3) is 2.45. The van der Waals surface area contributed by atoms with Gasteiger partial charge in [-0.1, -0.05) is 17.5 Å². The highest BCUT2D eigenvalue weighted by Crippen LogP contribution is 2.09. The molecule has 0 atom stereocenters. The third-order valence-corrected chi connectivity index (χ3v) is 1.51. The lowest BCUT2D eigenvalue weighted by molar-refractivity contribution is 1.29. The van der Waals surface area contributed by atoms with Gasteiger partial charge in [0.1, 0.15) is 5.69 Å². The van der Waals surface area contributed by atoms with Crippen molar-refractivity contribution >= 4 is 24.2 Å². The molecule has 0 bridgehead atoms. The maximum atomic E-state index is 5.77. The maximum absolute atomic E-state index is 5.77. The van der Waals surface area contributed by atoms with Crippen LogP contribution < -0.4 is 0 Å². The van der Waals surface area contributed by atoms with Crippen molar-refractivity contribution in [2.75, 3.05) is 5.75 Å². The van der Waals surface area contributed by atoms with Crippen molar-refractivity contribution in [3.05, 3.63) is 29.0 Å². The van der Waals surface area contributed by atoms with E-state index in [1.807, 2.05) is 0 Å². The van der Waals surface area contributed by atoms with Crippen molar-refractivity contribution in [1.82, 2.24) is 4.98 Å². The Hall–Kier alpha value is -0.650. The Morgan fingerprint density at radius 1 is 1.64 bits per heavy atom. The highest BCUT2D eigenvalue weighted by atomic mass is 35.5. The average Bonchev–Trinajstić information content (AvgIpc) is 2.03. The predicted molar refractivity (Wildman–Crippen MR) is 50.0 cm³/mol. The van der Waals surface area contributed by atoms with Gasteiger partial charge >= 0.3 is 0 Å². The van der Waals surface area contributed by atoms with Gasteiger partial charge in [0.2, 0.25) is 0 Å². The number of halogens is 1. The monoisotopic (exact) mass is 183 g/mol. The van der Waals surface area contributed by atoms with Crippen LogP contribution >= 0.6 is 24.2 Å². The maximum Gasteiger partial charge on any atom is 0.131 e. The Kier molecular flexibility index (Phi) is 3.28. The molecule has 0 saturated carbocycles. The molecule has 3 heteroatoms. The van der Waals surface area contributed by atoms with E-state index in [1.165, 1.54) is 0 Å². The lowest BCUT2D eigenvalue weighted by Gasteiger charge is -1.90. The second-order valence-corrected chi connectivity index (χ2v) is 2.52. The second-order valence-electron chi connectivity index (χ2n) is 1.79. The van der Waals surface area contributed by atoms with E-state index in [4.69, 9.17) is 11.6 Å². The molecule has 1 nitrogen and oxygen atoms in total. The van der Waals surface area contributed by atoms with E-state index in [9.17, 15) is 0 Å². The zero-order valence-corrected chi connectivity index (χ0v) is 7.36. The van der Waals surface area contributed by atoms with E-state index in [0.717, 1.165) is 0 Å². The molecule has 0 N–H and O–H groups in total. The molecule has 11 heavy (non-hydrogen) atoms. The van der Waals surface area contributed by atoms with Crippen molar-refractivity contribution in [1.29, 1.82) is 0 Å². The zero-order chi connectivity index (χ0) is 8.10. The minimum Gasteiger partial charge on any atom is -0.246 e. The van der Waals surface area contributed by atoms with Crippen molar-refractivity contribution in [3.63, 3.8) is 0 Å². The molecule has 0 amide bonds. The van der Waals surface area contributed by atoms with Gasteiger partial charge in [-0.25, -0.2) is 4.98 Å². The number of aromatic nitrogens is 1. The summed E-state index contributed by atoms with van der Waals surface area (Å²) in [6, 6.07) is 3.53. The van der Waals surface area contributed by atoms with Gasteiger partial charge in [-0.15, -0.1) is 0 Å². The number of hydrogen-bond acceptors (Lipinski definition) is 2. The Labute approximate surface area is 76.2 Å². The highest BCUT2D eigenvalue weighted by molar-refractivity contribution is 7.80. The largest absolute Gasteiger partial charge is 0.246 e. The molecule has 0 radical (unpaired) electrons. The summed E-state index contributed by atoms with van der Waals surface area (Å²) in [6.07, 6.45) is 1.66. The van der Waals surface area contributed by atoms with E-state index in [1.54, 1.807) is 18.3 Å². The first-order valence-corrected chi connectivity index (χ1v) is 4.06. The number of rotatable bonds is 0.